The van der Waals surface area contributed by atoms with Gasteiger partial charge in [-0.05, 0) is 30.3 Å². The Bertz CT molecular complexity index is 515. The van der Waals surface area contributed by atoms with Gasteiger partial charge in [0.15, 0.2) is 0 Å². The molecule has 1 aromatic rings. The lowest BCUT2D eigenvalue weighted by molar-refractivity contribution is 0.509. The molecule has 0 aromatic heterocycles. The number of rotatable bonds is 6. The molecular weight excluding hydrogens is 268 g/mol. The van der Waals surface area contributed by atoms with Gasteiger partial charge in [0, 0.05) is 0 Å². The van der Waals surface area contributed by atoms with Crippen molar-refractivity contribution in [3.05, 3.63) is 52.8 Å². The molecule has 0 saturated heterocycles. The lowest BCUT2D eigenvalue weighted by atomic mass is 9.83. The molecule has 0 bridgehead atoms. The topological polar surface area (TPSA) is 0 Å². The average molecular weight is 299 g/mol. The van der Waals surface area contributed by atoms with E-state index in [1.165, 1.54) is 32.1 Å². The van der Waals surface area contributed by atoms with Gasteiger partial charge in [0.2, 0.25) is 0 Å². The van der Waals surface area contributed by atoms with Gasteiger partial charge < -0.3 is 0 Å². The molecule has 0 aliphatic heterocycles. The quantitative estimate of drug-likeness (QED) is 0.528. The minimum Gasteiger partial charge on any atom is -0.0783 e. The van der Waals surface area contributed by atoms with E-state index in [2.05, 4.69) is 64.1 Å². The number of benzene rings is 1. The van der Waals surface area contributed by atoms with Crippen LogP contribution in [0.15, 0.2) is 52.8 Å². The first-order chi connectivity index (χ1) is 10.0. The van der Waals surface area contributed by atoms with Crippen LogP contribution in [0.4, 0.5) is 0 Å². The van der Waals surface area contributed by atoms with Gasteiger partial charge in [-0.15, -0.1) is 0 Å². The standard InChI is InChI=1S/C20H30Si/c1-5-6-8-11-16-14-18(15-19(16)20(2,3)4)21-17-12-9-7-10-13-17/h7,9-10,12-13,15H,5-6,8,11,14,21H2,1-4H3. The van der Waals surface area contributed by atoms with Crippen LogP contribution < -0.4 is 5.19 Å². The lowest BCUT2D eigenvalue weighted by Gasteiger charge is -2.21. The van der Waals surface area contributed by atoms with Gasteiger partial charge in [0.1, 0.15) is 0 Å². The van der Waals surface area contributed by atoms with Crippen molar-refractivity contribution < 1.29 is 0 Å². The van der Waals surface area contributed by atoms with E-state index < -0.39 is 0 Å². The van der Waals surface area contributed by atoms with E-state index in [9.17, 15) is 0 Å². The van der Waals surface area contributed by atoms with Gasteiger partial charge in [-0.1, -0.05) is 92.9 Å². The van der Waals surface area contributed by atoms with Crippen molar-refractivity contribution in [3.8, 4) is 0 Å². The van der Waals surface area contributed by atoms with E-state index in [-0.39, 0.29) is 9.52 Å². The Hall–Kier alpha value is -1.08. The van der Waals surface area contributed by atoms with Crippen molar-refractivity contribution in [2.75, 3.05) is 0 Å². The van der Waals surface area contributed by atoms with E-state index in [4.69, 9.17) is 0 Å². The first kappa shape index (κ1) is 16.3. The molecule has 0 atom stereocenters. The third kappa shape index (κ3) is 4.71. The fraction of sp³-hybridized carbons (Fsp3) is 0.500. The molecule has 1 heteroatoms. The summed E-state index contributed by atoms with van der Waals surface area (Å²) in [6.45, 7) is 9.39. The summed E-state index contributed by atoms with van der Waals surface area (Å²) in [4.78, 5) is 0. The average Bonchev–Trinajstić information content (AvgIpc) is 2.83. The molecule has 1 aliphatic rings. The molecule has 21 heavy (non-hydrogen) atoms. The summed E-state index contributed by atoms with van der Waals surface area (Å²) in [6.07, 6.45) is 9.17. The summed E-state index contributed by atoms with van der Waals surface area (Å²) in [6, 6.07) is 11.1. The first-order valence-electron chi connectivity index (χ1n) is 8.46. The van der Waals surface area contributed by atoms with E-state index in [1.54, 1.807) is 21.5 Å². The summed E-state index contributed by atoms with van der Waals surface area (Å²) in [5, 5.41) is 3.31. The van der Waals surface area contributed by atoms with Crippen LogP contribution in [0, 0.1) is 5.41 Å². The molecule has 1 aliphatic carbocycles. The van der Waals surface area contributed by atoms with Crippen LogP contribution in [0.25, 0.3) is 0 Å². The zero-order valence-corrected chi connectivity index (χ0v) is 15.6. The van der Waals surface area contributed by atoms with Crippen molar-refractivity contribution in [3.63, 3.8) is 0 Å². The van der Waals surface area contributed by atoms with Crippen LogP contribution in [0.2, 0.25) is 0 Å². The third-order valence-electron chi connectivity index (χ3n) is 4.33. The number of allylic oxidation sites excluding steroid dienone is 4. The highest BCUT2D eigenvalue weighted by Gasteiger charge is 2.24. The largest absolute Gasteiger partial charge is 0.0828 e. The third-order valence-corrected chi connectivity index (χ3v) is 6.12. The fourth-order valence-electron chi connectivity index (χ4n) is 3.26. The Balaban J connectivity index is 2.08. The summed E-state index contributed by atoms with van der Waals surface area (Å²) < 4.78 is 0. The van der Waals surface area contributed by atoms with Crippen LogP contribution in [0.1, 0.15) is 59.8 Å². The molecule has 1 aromatic carbocycles. The molecule has 0 amide bonds. The van der Waals surface area contributed by atoms with Crippen LogP contribution >= 0.6 is 0 Å². The highest BCUT2D eigenvalue weighted by molar-refractivity contribution is 6.61. The van der Waals surface area contributed by atoms with E-state index in [0.717, 1.165) is 0 Å². The van der Waals surface area contributed by atoms with E-state index in [0.29, 0.717) is 5.41 Å². The minimum atomic E-state index is -0.266. The summed E-state index contributed by atoms with van der Waals surface area (Å²) in [5.74, 6) is 0. The van der Waals surface area contributed by atoms with Crippen molar-refractivity contribution in [2.45, 2.75) is 59.8 Å². The second kappa shape index (κ2) is 7.26. The number of hydrogen-bond acceptors (Lipinski definition) is 0. The smallest absolute Gasteiger partial charge is 0.0783 e. The minimum absolute atomic E-state index is 0.266. The van der Waals surface area contributed by atoms with E-state index in [1.807, 2.05) is 0 Å². The highest BCUT2D eigenvalue weighted by Crippen LogP contribution is 2.39. The number of unbranched alkanes of at least 4 members (excludes halogenated alkanes) is 2. The maximum absolute atomic E-state index is 2.56. The molecule has 0 saturated carbocycles. The van der Waals surface area contributed by atoms with Crippen LogP contribution in [0.5, 0.6) is 0 Å². The second-order valence-corrected chi connectivity index (χ2v) is 9.44. The monoisotopic (exact) mass is 298 g/mol. The van der Waals surface area contributed by atoms with Gasteiger partial charge in [-0.3, -0.25) is 0 Å². The molecule has 0 unspecified atom stereocenters. The molecule has 2 rings (SSSR count). The highest BCUT2D eigenvalue weighted by atomic mass is 28.2. The lowest BCUT2D eigenvalue weighted by Crippen LogP contribution is -2.15. The Morgan fingerprint density at radius 3 is 2.38 bits per heavy atom. The first-order valence-corrected chi connectivity index (χ1v) is 9.88. The molecular formula is C20H30Si. The zero-order chi connectivity index (χ0) is 15.3. The summed E-state index contributed by atoms with van der Waals surface area (Å²) >= 11 is 0. The normalized spacial score (nSPS) is 16.1. The maximum Gasteiger partial charge on any atom is 0.0828 e. The van der Waals surface area contributed by atoms with Crippen LogP contribution in [-0.4, -0.2) is 9.52 Å². The maximum atomic E-state index is 2.56. The van der Waals surface area contributed by atoms with Gasteiger partial charge in [-0.25, -0.2) is 0 Å². The summed E-state index contributed by atoms with van der Waals surface area (Å²) in [5.41, 5.74) is 3.67. The fourth-order valence-corrected chi connectivity index (χ4v) is 5.02. The van der Waals surface area contributed by atoms with E-state index >= 15 is 0 Å². The molecule has 114 valence electrons. The Kier molecular flexibility index (Phi) is 5.63. The molecule has 0 fully saturated rings. The zero-order valence-electron chi connectivity index (χ0n) is 14.2. The molecule has 0 spiro atoms. The van der Waals surface area contributed by atoms with Crippen molar-refractivity contribution >= 4 is 14.7 Å². The Morgan fingerprint density at radius 1 is 1.05 bits per heavy atom. The van der Waals surface area contributed by atoms with Crippen LogP contribution in [0.3, 0.4) is 0 Å². The van der Waals surface area contributed by atoms with Gasteiger partial charge in [0.25, 0.3) is 0 Å². The van der Waals surface area contributed by atoms with Crippen molar-refractivity contribution in [2.24, 2.45) is 5.41 Å². The van der Waals surface area contributed by atoms with Gasteiger partial charge >= 0.3 is 0 Å². The second-order valence-electron chi connectivity index (χ2n) is 7.37. The van der Waals surface area contributed by atoms with Crippen molar-refractivity contribution in [1.82, 2.24) is 0 Å². The van der Waals surface area contributed by atoms with Gasteiger partial charge in [-0.2, -0.15) is 0 Å². The Morgan fingerprint density at radius 2 is 1.76 bits per heavy atom. The van der Waals surface area contributed by atoms with Gasteiger partial charge in [0.05, 0.1) is 9.52 Å². The molecule has 0 radical (unpaired) electrons. The predicted molar refractivity (Wildman–Crippen MR) is 97.9 cm³/mol. The molecule has 0 nitrogen and oxygen atoms in total. The SMILES string of the molecule is CCCCCC1=C(C(C)(C)C)C=C([SiH2]c2ccccc2)C1. The Labute approximate surface area is 133 Å². The van der Waals surface area contributed by atoms with Crippen LogP contribution in [-0.2, 0) is 0 Å². The molecule has 0 N–H and O–H groups in total. The molecule has 0 heterocycles. The van der Waals surface area contributed by atoms with Crippen molar-refractivity contribution in [1.29, 1.82) is 0 Å². The summed E-state index contributed by atoms with van der Waals surface area (Å²) in [7, 11) is -0.266. The number of hydrogen-bond donors (Lipinski definition) is 0. The predicted octanol–water partition coefficient (Wildman–Crippen LogP) is 4.69.